The second kappa shape index (κ2) is 7.79. The highest BCUT2D eigenvalue weighted by Crippen LogP contribution is 2.48. The van der Waals surface area contributed by atoms with Crippen molar-refractivity contribution in [3.05, 3.63) is 23.8 Å². The number of Topliss-reactive ketones (excluding diaryl/α,β-unsaturated/α-hetero) is 1. The molecule has 1 fully saturated rings. The van der Waals surface area contributed by atoms with Gasteiger partial charge in [0, 0.05) is 12.3 Å². The van der Waals surface area contributed by atoms with Gasteiger partial charge in [0.2, 0.25) is 6.79 Å². The summed E-state index contributed by atoms with van der Waals surface area (Å²) in [6.45, 7) is 4.96. The van der Waals surface area contributed by atoms with E-state index in [9.17, 15) is 19.5 Å². The third-order valence-electron chi connectivity index (χ3n) is 5.13. The molecule has 1 aliphatic heterocycles. The summed E-state index contributed by atoms with van der Waals surface area (Å²) in [6.07, 6.45) is -0.346. The second-order valence-electron chi connectivity index (χ2n) is 7.10. The smallest absolute Gasteiger partial charge is 0.317 e. The van der Waals surface area contributed by atoms with E-state index in [1.165, 1.54) is 6.92 Å². The minimum atomic E-state index is -1.67. The van der Waals surface area contributed by atoms with Gasteiger partial charge in [0.25, 0.3) is 0 Å². The number of benzene rings is 1. The number of esters is 2. The van der Waals surface area contributed by atoms with Crippen LogP contribution in [0, 0.1) is 11.8 Å². The fourth-order valence-electron chi connectivity index (χ4n) is 4.00. The van der Waals surface area contributed by atoms with E-state index < -0.39 is 41.1 Å². The molecule has 0 spiro atoms. The summed E-state index contributed by atoms with van der Waals surface area (Å²) in [5, 5.41) is 10.9. The van der Waals surface area contributed by atoms with Crippen LogP contribution in [0.5, 0.6) is 11.5 Å². The molecule has 1 heterocycles. The van der Waals surface area contributed by atoms with Crippen LogP contribution in [0.25, 0.3) is 0 Å². The average molecular weight is 392 g/mol. The molecule has 0 bridgehead atoms. The first kappa shape index (κ1) is 20.1. The van der Waals surface area contributed by atoms with Crippen molar-refractivity contribution in [2.24, 2.45) is 11.8 Å². The van der Waals surface area contributed by atoms with Crippen LogP contribution in [-0.2, 0) is 23.9 Å². The Bertz CT molecular complexity index is 784. The Morgan fingerprint density at radius 2 is 1.79 bits per heavy atom. The lowest BCUT2D eigenvalue weighted by Gasteiger charge is -2.43. The van der Waals surface area contributed by atoms with Gasteiger partial charge in [-0.3, -0.25) is 14.4 Å². The first-order chi connectivity index (χ1) is 13.3. The molecule has 0 aromatic heterocycles. The largest absolute Gasteiger partial charge is 0.466 e. The van der Waals surface area contributed by atoms with E-state index in [4.69, 9.17) is 18.9 Å². The maximum absolute atomic E-state index is 12.8. The van der Waals surface area contributed by atoms with Crippen molar-refractivity contribution in [2.75, 3.05) is 20.0 Å². The topological polar surface area (TPSA) is 108 Å². The van der Waals surface area contributed by atoms with Gasteiger partial charge in [-0.1, -0.05) is 6.07 Å². The predicted molar refractivity (Wildman–Crippen MR) is 95.8 cm³/mol. The Balaban J connectivity index is 2.12. The van der Waals surface area contributed by atoms with Crippen molar-refractivity contribution in [3.8, 4) is 11.5 Å². The van der Waals surface area contributed by atoms with Gasteiger partial charge in [-0.2, -0.15) is 0 Å². The third kappa shape index (κ3) is 3.56. The predicted octanol–water partition coefficient (Wildman–Crippen LogP) is 1.58. The van der Waals surface area contributed by atoms with Crippen molar-refractivity contribution >= 4 is 17.7 Å². The standard InChI is InChI=1S/C20H24O8/c1-4-25-18(22)16-12(21)9-20(3,24)17(19(23)26-5-2)15(16)11-6-7-13-14(8-11)28-10-27-13/h6-8,15-17,24H,4-5,9-10H2,1-3H3/t15-,16-,17-,20-/m1/s1. The third-order valence-corrected chi connectivity index (χ3v) is 5.13. The lowest BCUT2D eigenvalue weighted by atomic mass is 9.61. The quantitative estimate of drug-likeness (QED) is 0.594. The van der Waals surface area contributed by atoms with E-state index in [2.05, 4.69) is 0 Å². The maximum atomic E-state index is 12.8. The van der Waals surface area contributed by atoms with Gasteiger partial charge in [0.05, 0.1) is 24.7 Å². The van der Waals surface area contributed by atoms with Crippen molar-refractivity contribution < 1.29 is 38.4 Å². The summed E-state index contributed by atoms with van der Waals surface area (Å²) >= 11 is 0. The molecule has 0 saturated heterocycles. The van der Waals surface area contributed by atoms with Crippen molar-refractivity contribution in [3.63, 3.8) is 0 Å². The Kier molecular flexibility index (Phi) is 5.60. The molecule has 1 aliphatic carbocycles. The van der Waals surface area contributed by atoms with Gasteiger partial charge in [-0.05, 0) is 38.5 Å². The lowest BCUT2D eigenvalue weighted by molar-refractivity contribution is -0.172. The van der Waals surface area contributed by atoms with Crippen LogP contribution in [-0.4, -0.2) is 48.4 Å². The highest BCUT2D eigenvalue weighted by atomic mass is 16.7. The molecule has 1 aromatic rings. The summed E-state index contributed by atoms with van der Waals surface area (Å²) in [5.41, 5.74) is -1.18. The summed E-state index contributed by atoms with van der Waals surface area (Å²) in [5.74, 6) is -4.21. The molecule has 1 N–H and O–H groups in total. The van der Waals surface area contributed by atoms with Gasteiger partial charge in [0.15, 0.2) is 17.3 Å². The molecular formula is C20H24O8. The van der Waals surface area contributed by atoms with E-state index in [0.29, 0.717) is 17.1 Å². The number of rotatable bonds is 5. The zero-order valence-corrected chi connectivity index (χ0v) is 16.1. The first-order valence-corrected chi connectivity index (χ1v) is 9.28. The molecule has 152 valence electrons. The summed E-state index contributed by atoms with van der Waals surface area (Å²) in [7, 11) is 0. The molecule has 8 nitrogen and oxygen atoms in total. The minimum absolute atomic E-state index is 0.0582. The van der Waals surface area contributed by atoms with E-state index in [-0.39, 0.29) is 26.4 Å². The Hall–Kier alpha value is -2.61. The van der Waals surface area contributed by atoms with Crippen LogP contribution in [0.15, 0.2) is 18.2 Å². The number of hydrogen-bond acceptors (Lipinski definition) is 8. The van der Waals surface area contributed by atoms with Gasteiger partial charge in [-0.25, -0.2) is 0 Å². The maximum Gasteiger partial charge on any atom is 0.317 e. The summed E-state index contributed by atoms with van der Waals surface area (Å²) < 4.78 is 21.0. The van der Waals surface area contributed by atoms with Crippen LogP contribution in [0.3, 0.4) is 0 Å². The second-order valence-corrected chi connectivity index (χ2v) is 7.10. The van der Waals surface area contributed by atoms with Gasteiger partial charge in [-0.15, -0.1) is 0 Å². The molecule has 8 heteroatoms. The normalized spacial score (nSPS) is 28.7. The number of hydrogen-bond donors (Lipinski definition) is 1. The number of carbonyl (C=O) groups is 3. The van der Waals surface area contributed by atoms with Crippen LogP contribution in [0.1, 0.15) is 38.7 Å². The fourth-order valence-corrected chi connectivity index (χ4v) is 4.00. The first-order valence-electron chi connectivity index (χ1n) is 9.28. The fraction of sp³-hybridized carbons (Fsp3) is 0.550. The molecule has 0 radical (unpaired) electrons. The van der Waals surface area contributed by atoms with Gasteiger partial charge < -0.3 is 24.1 Å². The summed E-state index contributed by atoms with van der Waals surface area (Å²) in [4.78, 5) is 38.2. The molecule has 1 aromatic carbocycles. The number of carbonyl (C=O) groups excluding carboxylic acids is 3. The van der Waals surface area contributed by atoms with Crippen molar-refractivity contribution in [2.45, 2.75) is 38.7 Å². The number of ketones is 1. The average Bonchev–Trinajstić information content (AvgIpc) is 3.08. The Morgan fingerprint density at radius 3 is 2.46 bits per heavy atom. The summed E-state index contributed by atoms with van der Waals surface area (Å²) in [6, 6.07) is 4.93. The zero-order chi connectivity index (χ0) is 20.5. The van der Waals surface area contributed by atoms with Crippen molar-refractivity contribution in [1.29, 1.82) is 0 Å². The number of ether oxygens (including phenoxy) is 4. The zero-order valence-electron chi connectivity index (χ0n) is 16.1. The minimum Gasteiger partial charge on any atom is -0.466 e. The highest BCUT2D eigenvalue weighted by molar-refractivity contribution is 6.02. The number of fused-ring (bicyclic) bond motifs is 1. The van der Waals surface area contributed by atoms with Gasteiger partial charge in [0.1, 0.15) is 5.92 Å². The number of aliphatic hydroxyl groups is 1. The molecular weight excluding hydrogens is 368 g/mol. The SMILES string of the molecule is CCOC(=O)[C@@H]1C(=O)C[C@@](C)(O)[C@@H](C(=O)OCC)[C@@H]1c1ccc2c(c1)OCO2. The van der Waals surface area contributed by atoms with Crippen LogP contribution in [0.2, 0.25) is 0 Å². The molecule has 28 heavy (non-hydrogen) atoms. The molecule has 0 amide bonds. The Morgan fingerprint density at radius 1 is 1.14 bits per heavy atom. The molecule has 4 atom stereocenters. The monoisotopic (exact) mass is 392 g/mol. The van der Waals surface area contributed by atoms with Crippen molar-refractivity contribution in [1.82, 2.24) is 0 Å². The van der Waals surface area contributed by atoms with Crippen LogP contribution < -0.4 is 9.47 Å². The molecule has 0 unspecified atom stereocenters. The van der Waals surface area contributed by atoms with E-state index >= 15 is 0 Å². The van der Waals surface area contributed by atoms with Crippen LogP contribution in [0.4, 0.5) is 0 Å². The molecule has 1 saturated carbocycles. The van der Waals surface area contributed by atoms with E-state index in [0.717, 1.165) is 0 Å². The molecule has 2 aliphatic rings. The van der Waals surface area contributed by atoms with Gasteiger partial charge >= 0.3 is 11.9 Å². The highest BCUT2D eigenvalue weighted by Gasteiger charge is 2.57. The van der Waals surface area contributed by atoms with Crippen LogP contribution >= 0.6 is 0 Å². The van der Waals surface area contributed by atoms with E-state index in [1.807, 2.05) is 0 Å². The Labute approximate surface area is 162 Å². The molecule has 3 rings (SSSR count). The lowest BCUT2D eigenvalue weighted by Crippen LogP contribution is -2.55. The van der Waals surface area contributed by atoms with E-state index in [1.54, 1.807) is 32.0 Å².